The predicted molar refractivity (Wildman–Crippen MR) is 120 cm³/mol. The largest absolute Gasteiger partial charge is 0.342 e. The first-order chi connectivity index (χ1) is 14.9. The number of aromatic amines is 1. The molecular formula is C24H29N5O2. The first-order valence-electron chi connectivity index (χ1n) is 11.1. The van der Waals surface area contributed by atoms with Gasteiger partial charge in [0.25, 0.3) is 5.56 Å². The van der Waals surface area contributed by atoms with Gasteiger partial charge < -0.3 is 10.2 Å². The third kappa shape index (κ3) is 4.20. The zero-order valence-corrected chi connectivity index (χ0v) is 18.3. The summed E-state index contributed by atoms with van der Waals surface area (Å²) in [6.07, 6.45) is 3.14. The minimum Gasteiger partial charge on any atom is -0.342 e. The second-order valence-electron chi connectivity index (χ2n) is 9.26. The lowest BCUT2D eigenvalue weighted by molar-refractivity contribution is -0.119. The number of nitrogens with one attached hydrogen (secondary N) is 2. The molecule has 1 aromatic heterocycles. The molecule has 2 aliphatic heterocycles. The van der Waals surface area contributed by atoms with Gasteiger partial charge in [0.05, 0.1) is 11.6 Å². The number of anilines is 2. The van der Waals surface area contributed by atoms with Crippen molar-refractivity contribution in [1.82, 2.24) is 9.97 Å². The van der Waals surface area contributed by atoms with Crippen LogP contribution in [-0.4, -0.2) is 29.0 Å². The summed E-state index contributed by atoms with van der Waals surface area (Å²) in [5.41, 5.74) is 2.03. The van der Waals surface area contributed by atoms with E-state index in [-0.39, 0.29) is 11.4 Å². The number of H-pyrrole nitrogens is 1. The molecule has 7 nitrogen and oxygen atoms in total. The van der Waals surface area contributed by atoms with Gasteiger partial charge in [0.15, 0.2) is 0 Å². The molecule has 0 spiro atoms. The molecule has 162 valence electrons. The molecule has 2 aromatic rings. The van der Waals surface area contributed by atoms with Crippen molar-refractivity contribution in [3.05, 3.63) is 51.3 Å². The lowest BCUT2D eigenvalue weighted by Crippen LogP contribution is -2.41. The van der Waals surface area contributed by atoms with Crippen LogP contribution in [-0.2, 0) is 11.2 Å². The lowest BCUT2D eigenvalue weighted by atomic mass is 9.79. The average molecular weight is 420 g/mol. The van der Waals surface area contributed by atoms with Crippen LogP contribution in [0.5, 0.6) is 0 Å². The normalized spacial score (nSPS) is 23.3. The van der Waals surface area contributed by atoms with Crippen LogP contribution in [0.4, 0.5) is 11.8 Å². The first kappa shape index (κ1) is 21.1. The highest BCUT2D eigenvalue weighted by Crippen LogP contribution is 2.38. The molecule has 3 unspecified atom stereocenters. The molecule has 3 atom stereocenters. The summed E-state index contributed by atoms with van der Waals surface area (Å²) < 4.78 is 0. The highest BCUT2D eigenvalue weighted by Gasteiger charge is 2.40. The molecule has 7 heteroatoms. The number of benzene rings is 1. The quantitative estimate of drug-likeness (QED) is 0.790. The summed E-state index contributed by atoms with van der Waals surface area (Å²) in [6.45, 7) is 8.14. The van der Waals surface area contributed by atoms with Crippen LogP contribution < -0.4 is 15.8 Å². The molecule has 1 amide bonds. The molecule has 3 heterocycles. The standard InChI is InChI=1S/C24H29N5O2/c1-14(2)11-16-6-8-17(9-7-16)19-18(12-25)22(30)26-21-20(19)23(31)28-24(27-21)29-10-4-5-15(3)13-29/h6-9,14-15,18-19H,4-5,10-11,13H2,1-3H3,(H2,26,27,28,30,31). The van der Waals surface area contributed by atoms with E-state index in [2.05, 4.69) is 47.0 Å². The molecule has 2 N–H and O–H groups in total. The van der Waals surface area contributed by atoms with Gasteiger partial charge in [0.1, 0.15) is 11.7 Å². The first-order valence-corrected chi connectivity index (χ1v) is 11.1. The van der Waals surface area contributed by atoms with Crippen LogP contribution in [0.2, 0.25) is 0 Å². The number of nitriles is 1. The molecule has 1 saturated heterocycles. The Bertz CT molecular complexity index is 1070. The summed E-state index contributed by atoms with van der Waals surface area (Å²) in [5, 5.41) is 12.4. The van der Waals surface area contributed by atoms with Gasteiger partial charge in [0, 0.05) is 19.0 Å². The minimum atomic E-state index is -0.979. The van der Waals surface area contributed by atoms with Crippen LogP contribution >= 0.6 is 0 Å². The van der Waals surface area contributed by atoms with Crippen LogP contribution in [0.25, 0.3) is 0 Å². The number of carbonyl (C=O) groups excluding carboxylic acids is 1. The Labute approximate surface area is 182 Å². The Morgan fingerprint density at radius 1 is 1.26 bits per heavy atom. The van der Waals surface area contributed by atoms with Crippen molar-refractivity contribution < 1.29 is 4.79 Å². The third-order valence-electron chi connectivity index (χ3n) is 6.19. The van der Waals surface area contributed by atoms with E-state index in [9.17, 15) is 14.9 Å². The highest BCUT2D eigenvalue weighted by atomic mass is 16.2. The van der Waals surface area contributed by atoms with E-state index < -0.39 is 17.7 Å². The summed E-state index contributed by atoms with van der Waals surface area (Å²) in [4.78, 5) is 35.5. The van der Waals surface area contributed by atoms with Crippen molar-refractivity contribution in [2.24, 2.45) is 17.8 Å². The topological polar surface area (TPSA) is 102 Å². The minimum absolute atomic E-state index is 0.268. The second kappa shape index (κ2) is 8.54. The van der Waals surface area contributed by atoms with E-state index in [0.29, 0.717) is 23.3 Å². The van der Waals surface area contributed by atoms with Crippen LogP contribution in [0.1, 0.15) is 56.2 Å². The molecule has 0 radical (unpaired) electrons. The molecule has 1 fully saturated rings. The van der Waals surface area contributed by atoms with E-state index in [1.165, 1.54) is 5.56 Å². The van der Waals surface area contributed by atoms with E-state index in [1.807, 2.05) is 24.3 Å². The number of hydrogen-bond acceptors (Lipinski definition) is 5. The monoisotopic (exact) mass is 419 g/mol. The fraction of sp³-hybridized carbons (Fsp3) is 0.500. The molecule has 0 saturated carbocycles. The summed E-state index contributed by atoms with van der Waals surface area (Å²) >= 11 is 0. The number of amides is 1. The van der Waals surface area contributed by atoms with Crippen LogP contribution in [0.15, 0.2) is 29.1 Å². The molecule has 0 bridgehead atoms. The Balaban J connectivity index is 1.75. The summed E-state index contributed by atoms with van der Waals surface area (Å²) in [5.74, 6) is -0.240. The van der Waals surface area contributed by atoms with Gasteiger partial charge in [-0.1, -0.05) is 45.0 Å². The Morgan fingerprint density at radius 2 is 2.00 bits per heavy atom. The third-order valence-corrected chi connectivity index (χ3v) is 6.19. The second-order valence-corrected chi connectivity index (χ2v) is 9.26. The maximum atomic E-state index is 13.2. The van der Waals surface area contributed by atoms with Gasteiger partial charge in [-0.3, -0.25) is 14.6 Å². The van der Waals surface area contributed by atoms with Crippen molar-refractivity contribution >= 4 is 17.7 Å². The SMILES string of the molecule is CC(C)Cc1ccc(C2c3c(nc(N4CCCC(C)C4)[nH]c3=O)NC(=O)C2C#N)cc1. The molecule has 31 heavy (non-hydrogen) atoms. The fourth-order valence-corrected chi connectivity index (χ4v) is 4.72. The lowest BCUT2D eigenvalue weighted by Gasteiger charge is -2.33. The number of piperidine rings is 1. The van der Waals surface area contributed by atoms with Gasteiger partial charge in [0.2, 0.25) is 11.9 Å². The Hall–Kier alpha value is -3.14. The molecule has 2 aliphatic rings. The molecule has 1 aromatic carbocycles. The number of nitrogens with zero attached hydrogens (tertiary/aromatic N) is 3. The fourth-order valence-electron chi connectivity index (χ4n) is 4.72. The average Bonchev–Trinajstić information content (AvgIpc) is 2.73. The van der Waals surface area contributed by atoms with E-state index in [4.69, 9.17) is 0 Å². The van der Waals surface area contributed by atoms with E-state index in [1.54, 1.807) is 0 Å². The van der Waals surface area contributed by atoms with E-state index >= 15 is 0 Å². The molecular weight excluding hydrogens is 390 g/mol. The van der Waals surface area contributed by atoms with Crippen molar-refractivity contribution in [3.8, 4) is 6.07 Å². The Kier molecular flexibility index (Phi) is 5.81. The number of aromatic nitrogens is 2. The van der Waals surface area contributed by atoms with Gasteiger partial charge in [-0.25, -0.2) is 0 Å². The number of hydrogen-bond donors (Lipinski definition) is 2. The summed E-state index contributed by atoms with van der Waals surface area (Å²) in [6, 6.07) is 9.98. The number of fused-ring (bicyclic) bond motifs is 1. The zero-order valence-electron chi connectivity index (χ0n) is 18.3. The maximum Gasteiger partial charge on any atom is 0.258 e. The summed E-state index contributed by atoms with van der Waals surface area (Å²) in [7, 11) is 0. The van der Waals surface area contributed by atoms with Crippen molar-refractivity contribution in [2.45, 2.75) is 46.0 Å². The number of carbonyl (C=O) groups is 1. The zero-order chi connectivity index (χ0) is 22.1. The van der Waals surface area contributed by atoms with Gasteiger partial charge in [-0.15, -0.1) is 0 Å². The Morgan fingerprint density at radius 3 is 2.65 bits per heavy atom. The van der Waals surface area contributed by atoms with Gasteiger partial charge in [-0.2, -0.15) is 10.2 Å². The van der Waals surface area contributed by atoms with Crippen molar-refractivity contribution in [1.29, 1.82) is 5.26 Å². The van der Waals surface area contributed by atoms with Crippen molar-refractivity contribution in [2.75, 3.05) is 23.3 Å². The van der Waals surface area contributed by atoms with Gasteiger partial charge >= 0.3 is 0 Å². The maximum absolute atomic E-state index is 13.2. The highest BCUT2D eigenvalue weighted by molar-refractivity contribution is 5.98. The smallest absolute Gasteiger partial charge is 0.258 e. The predicted octanol–water partition coefficient (Wildman–Crippen LogP) is 3.43. The van der Waals surface area contributed by atoms with Crippen LogP contribution in [0.3, 0.4) is 0 Å². The molecule has 4 rings (SSSR count). The molecule has 0 aliphatic carbocycles. The van der Waals surface area contributed by atoms with E-state index in [0.717, 1.165) is 37.9 Å². The van der Waals surface area contributed by atoms with Crippen LogP contribution in [0, 0.1) is 29.1 Å². The van der Waals surface area contributed by atoms with Gasteiger partial charge in [-0.05, 0) is 42.2 Å². The van der Waals surface area contributed by atoms with Crippen molar-refractivity contribution in [3.63, 3.8) is 0 Å². The number of rotatable bonds is 4.